The maximum Gasteiger partial charge on any atom is 0.0630 e. The summed E-state index contributed by atoms with van der Waals surface area (Å²) in [5.41, 5.74) is 3.60. The molecular weight excluding hydrogens is 278 g/mol. The minimum atomic E-state index is -0.183. The van der Waals surface area contributed by atoms with Crippen molar-refractivity contribution >= 4 is 21.6 Å². The standard InChI is InChI=1S/C14H20BrNO/c1-8-5-10(6-9(2)13(8)15)16-11-7-12(17)14(11,3)4/h5-6,11-12,16-17H,7H2,1-4H3. The summed E-state index contributed by atoms with van der Waals surface area (Å²) >= 11 is 3.57. The fourth-order valence-electron chi connectivity index (χ4n) is 2.38. The van der Waals surface area contributed by atoms with E-state index < -0.39 is 0 Å². The zero-order valence-electron chi connectivity index (χ0n) is 10.8. The number of benzene rings is 1. The summed E-state index contributed by atoms with van der Waals surface area (Å²) in [4.78, 5) is 0. The fourth-order valence-corrected chi connectivity index (χ4v) is 2.61. The molecule has 17 heavy (non-hydrogen) atoms. The SMILES string of the molecule is Cc1cc(NC2CC(O)C2(C)C)cc(C)c1Br. The van der Waals surface area contributed by atoms with E-state index in [0.717, 1.165) is 12.1 Å². The van der Waals surface area contributed by atoms with Crippen molar-refractivity contribution in [3.8, 4) is 0 Å². The molecule has 0 heterocycles. The van der Waals surface area contributed by atoms with Crippen LogP contribution in [0.5, 0.6) is 0 Å². The first-order chi connectivity index (χ1) is 7.82. The van der Waals surface area contributed by atoms with Crippen LogP contribution in [0.15, 0.2) is 16.6 Å². The highest BCUT2D eigenvalue weighted by Crippen LogP contribution is 2.42. The van der Waals surface area contributed by atoms with Crippen LogP contribution in [0, 0.1) is 19.3 Å². The van der Waals surface area contributed by atoms with Gasteiger partial charge in [-0.1, -0.05) is 29.8 Å². The number of rotatable bonds is 2. The fraction of sp³-hybridized carbons (Fsp3) is 0.571. The smallest absolute Gasteiger partial charge is 0.0630 e. The first kappa shape index (κ1) is 12.9. The van der Waals surface area contributed by atoms with Crippen LogP contribution in [0.2, 0.25) is 0 Å². The monoisotopic (exact) mass is 297 g/mol. The van der Waals surface area contributed by atoms with E-state index >= 15 is 0 Å². The second-order valence-electron chi connectivity index (χ2n) is 5.69. The van der Waals surface area contributed by atoms with Gasteiger partial charge < -0.3 is 10.4 Å². The molecule has 1 saturated carbocycles. The zero-order valence-corrected chi connectivity index (χ0v) is 12.4. The largest absolute Gasteiger partial charge is 0.392 e. The predicted octanol–water partition coefficient (Wildman–Crippen LogP) is 3.64. The average molecular weight is 298 g/mol. The molecule has 2 nitrogen and oxygen atoms in total. The molecule has 1 aliphatic rings. The second-order valence-corrected chi connectivity index (χ2v) is 6.49. The lowest BCUT2D eigenvalue weighted by molar-refractivity contribution is -0.0510. The molecule has 1 aliphatic carbocycles. The Morgan fingerprint density at radius 2 is 1.82 bits per heavy atom. The Morgan fingerprint density at radius 3 is 2.24 bits per heavy atom. The van der Waals surface area contributed by atoms with Crippen LogP contribution in [-0.2, 0) is 0 Å². The highest BCUT2D eigenvalue weighted by atomic mass is 79.9. The molecule has 1 aromatic rings. The lowest BCUT2D eigenvalue weighted by Crippen LogP contribution is -2.56. The van der Waals surface area contributed by atoms with E-state index in [4.69, 9.17) is 0 Å². The van der Waals surface area contributed by atoms with Crippen LogP contribution >= 0.6 is 15.9 Å². The molecule has 0 spiro atoms. The van der Waals surface area contributed by atoms with Gasteiger partial charge in [0, 0.05) is 21.6 Å². The summed E-state index contributed by atoms with van der Waals surface area (Å²) in [5, 5.41) is 13.3. The molecule has 0 amide bonds. The molecule has 3 heteroatoms. The molecule has 1 fully saturated rings. The van der Waals surface area contributed by atoms with Gasteiger partial charge >= 0.3 is 0 Å². The second kappa shape index (κ2) is 4.29. The van der Waals surface area contributed by atoms with Gasteiger partial charge in [-0.3, -0.25) is 0 Å². The number of anilines is 1. The van der Waals surface area contributed by atoms with Crippen molar-refractivity contribution in [1.82, 2.24) is 0 Å². The van der Waals surface area contributed by atoms with Gasteiger partial charge in [0.15, 0.2) is 0 Å². The Balaban J connectivity index is 2.16. The first-order valence-corrected chi connectivity index (χ1v) is 6.83. The van der Waals surface area contributed by atoms with Gasteiger partial charge in [-0.25, -0.2) is 0 Å². The van der Waals surface area contributed by atoms with Crippen molar-refractivity contribution in [2.45, 2.75) is 46.3 Å². The van der Waals surface area contributed by atoms with Crippen LogP contribution in [0.25, 0.3) is 0 Å². The van der Waals surface area contributed by atoms with Crippen molar-refractivity contribution < 1.29 is 5.11 Å². The van der Waals surface area contributed by atoms with Crippen LogP contribution < -0.4 is 5.32 Å². The van der Waals surface area contributed by atoms with Gasteiger partial charge in [0.2, 0.25) is 0 Å². The van der Waals surface area contributed by atoms with Gasteiger partial charge in [0.1, 0.15) is 0 Å². The quantitative estimate of drug-likeness (QED) is 0.873. The molecular formula is C14H20BrNO. The Labute approximate surface area is 112 Å². The van der Waals surface area contributed by atoms with E-state index in [1.165, 1.54) is 15.6 Å². The zero-order chi connectivity index (χ0) is 12.8. The summed E-state index contributed by atoms with van der Waals surface area (Å²) < 4.78 is 1.18. The highest BCUT2D eigenvalue weighted by molar-refractivity contribution is 9.10. The van der Waals surface area contributed by atoms with Gasteiger partial charge in [-0.15, -0.1) is 0 Å². The average Bonchev–Trinajstić information content (AvgIpc) is 2.25. The molecule has 94 valence electrons. The topological polar surface area (TPSA) is 32.3 Å². The number of aliphatic hydroxyl groups excluding tert-OH is 1. The van der Waals surface area contributed by atoms with E-state index in [1.54, 1.807) is 0 Å². The van der Waals surface area contributed by atoms with Crippen molar-refractivity contribution in [2.24, 2.45) is 5.41 Å². The van der Waals surface area contributed by atoms with Crippen molar-refractivity contribution in [1.29, 1.82) is 0 Å². The number of hydrogen-bond acceptors (Lipinski definition) is 2. The Hall–Kier alpha value is -0.540. The summed E-state index contributed by atoms with van der Waals surface area (Å²) in [7, 11) is 0. The van der Waals surface area contributed by atoms with E-state index in [2.05, 4.69) is 61.1 Å². The normalized spacial score (nSPS) is 26.5. The number of aliphatic hydroxyl groups is 1. The molecule has 2 rings (SSSR count). The summed E-state index contributed by atoms with van der Waals surface area (Å²) in [5.74, 6) is 0. The van der Waals surface area contributed by atoms with Gasteiger partial charge in [-0.2, -0.15) is 0 Å². The molecule has 0 bridgehead atoms. The highest BCUT2D eigenvalue weighted by Gasteiger charge is 2.47. The predicted molar refractivity (Wildman–Crippen MR) is 75.4 cm³/mol. The van der Waals surface area contributed by atoms with E-state index in [0.29, 0.717) is 6.04 Å². The van der Waals surface area contributed by atoms with Crippen molar-refractivity contribution in [3.63, 3.8) is 0 Å². The Kier molecular flexibility index (Phi) is 3.25. The summed E-state index contributed by atoms with van der Waals surface area (Å²) in [6.07, 6.45) is 0.652. The molecule has 2 unspecified atom stereocenters. The molecule has 0 aliphatic heterocycles. The van der Waals surface area contributed by atoms with E-state index in [-0.39, 0.29) is 11.5 Å². The Morgan fingerprint density at radius 1 is 1.29 bits per heavy atom. The third-order valence-corrected chi connectivity index (χ3v) is 5.24. The Bertz CT molecular complexity index is 419. The van der Waals surface area contributed by atoms with Crippen LogP contribution in [0.1, 0.15) is 31.4 Å². The molecule has 2 N–H and O–H groups in total. The molecule has 0 saturated heterocycles. The molecule has 1 aromatic carbocycles. The van der Waals surface area contributed by atoms with E-state index in [1.807, 2.05) is 0 Å². The molecule has 2 atom stereocenters. The van der Waals surface area contributed by atoms with E-state index in [9.17, 15) is 5.11 Å². The minimum absolute atomic E-state index is 0.0329. The maximum absolute atomic E-state index is 9.73. The summed E-state index contributed by atoms with van der Waals surface area (Å²) in [6.45, 7) is 8.42. The van der Waals surface area contributed by atoms with Crippen LogP contribution in [0.3, 0.4) is 0 Å². The molecule has 0 aromatic heterocycles. The number of hydrogen-bond donors (Lipinski definition) is 2. The minimum Gasteiger partial charge on any atom is -0.392 e. The lowest BCUT2D eigenvalue weighted by atomic mass is 9.64. The third kappa shape index (κ3) is 2.23. The van der Waals surface area contributed by atoms with Crippen molar-refractivity contribution in [2.75, 3.05) is 5.32 Å². The van der Waals surface area contributed by atoms with Gasteiger partial charge in [0.25, 0.3) is 0 Å². The third-order valence-electron chi connectivity index (χ3n) is 3.99. The first-order valence-electron chi connectivity index (χ1n) is 6.03. The van der Waals surface area contributed by atoms with Crippen molar-refractivity contribution in [3.05, 3.63) is 27.7 Å². The number of nitrogens with one attached hydrogen (secondary N) is 1. The van der Waals surface area contributed by atoms with Crippen LogP contribution in [0.4, 0.5) is 5.69 Å². The maximum atomic E-state index is 9.73. The van der Waals surface area contributed by atoms with Gasteiger partial charge in [0.05, 0.1) is 6.10 Å². The molecule has 0 radical (unpaired) electrons. The van der Waals surface area contributed by atoms with Gasteiger partial charge in [-0.05, 0) is 43.5 Å². The lowest BCUT2D eigenvalue weighted by Gasteiger charge is -2.50. The summed E-state index contributed by atoms with van der Waals surface area (Å²) in [6, 6.07) is 4.66. The number of aryl methyl sites for hydroxylation is 2. The van der Waals surface area contributed by atoms with Crippen LogP contribution in [-0.4, -0.2) is 17.3 Å². The number of halogens is 1.